The van der Waals surface area contributed by atoms with Crippen LogP contribution in [0.15, 0.2) is 43.1 Å². The van der Waals surface area contributed by atoms with Crippen molar-refractivity contribution < 1.29 is 22.8 Å². The van der Waals surface area contributed by atoms with E-state index in [-0.39, 0.29) is 34.3 Å². The molecule has 3 aromatic heterocycles. The molecular weight excluding hydrogens is 573 g/mol. The molecule has 14 heteroatoms. The number of alkyl halides is 2. The molecule has 2 aliphatic rings. The maximum Gasteiger partial charge on any atom is 0.275 e. The van der Waals surface area contributed by atoms with Crippen LogP contribution in [-0.4, -0.2) is 48.1 Å². The number of aryl methyl sites for hydroxylation is 1. The van der Waals surface area contributed by atoms with Gasteiger partial charge in [-0.15, -0.1) is 0 Å². The van der Waals surface area contributed by atoms with Crippen LogP contribution in [0.25, 0.3) is 11.3 Å². The molecule has 4 heterocycles. The SMILES string of the molecule is CCc1nc(C(C)n2cc(NC(=O)c3cncc(-c4c(C(F)F)ccc(Cl)c4F)n3)cn2)cnc1N1C[C@H]2C[C@H]2C1=O. The summed E-state index contributed by atoms with van der Waals surface area (Å²) in [6, 6.07) is 1.68. The van der Waals surface area contributed by atoms with Gasteiger partial charge in [-0.2, -0.15) is 5.10 Å². The lowest BCUT2D eigenvalue weighted by atomic mass is 10.0. The van der Waals surface area contributed by atoms with Crippen molar-refractivity contribution in [2.45, 2.75) is 39.2 Å². The van der Waals surface area contributed by atoms with E-state index in [0.29, 0.717) is 36.1 Å². The van der Waals surface area contributed by atoms with Crippen molar-refractivity contribution in [2.75, 3.05) is 16.8 Å². The summed E-state index contributed by atoms with van der Waals surface area (Å²) in [7, 11) is 0. The highest BCUT2D eigenvalue weighted by molar-refractivity contribution is 6.31. The van der Waals surface area contributed by atoms with Crippen molar-refractivity contribution >= 4 is 34.9 Å². The average Bonchev–Trinajstić information content (AvgIpc) is 3.49. The molecule has 0 bridgehead atoms. The fourth-order valence-electron chi connectivity index (χ4n) is 5.12. The summed E-state index contributed by atoms with van der Waals surface area (Å²) in [6.07, 6.45) is 5.40. The number of nitrogens with one attached hydrogen (secondary N) is 1. The molecule has 42 heavy (non-hydrogen) atoms. The van der Waals surface area contributed by atoms with E-state index in [0.717, 1.165) is 36.6 Å². The Bertz CT molecular complexity index is 1710. The second-order valence-electron chi connectivity index (χ2n) is 10.2. The summed E-state index contributed by atoms with van der Waals surface area (Å²) in [6.45, 7) is 4.50. The quantitative estimate of drug-likeness (QED) is 0.294. The van der Waals surface area contributed by atoms with Gasteiger partial charge in [-0.25, -0.2) is 23.1 Å². The zero-order valence-corrected chi connectivity index (χ0v) is 23.2. The van der Waals surface area contributed by atoms with Gasteiger partial charge in [-0.05, 0) is 31.7 Å². The Morgan fingerprint density at radius 2 is 2.00 bits per heavy atom. The highest BCUT2D eigenvalue weighted by Gasteiger charge is 2.53. The van der Waals surface area contributed by atoms with Gasteiger partial charge in [0.15, 0.2) is 11.6 Å². The smallest absolute Gasteiger partial charge is 0.275 e. The van der Waals surface area contributed by atoms with Gasteiger partial charge in [0.05, 0.1) is 58.6 Å². The van der Waals surface area contributed by atoms with Gasteiger partial charge in [-0.3, -0.25) is 29.1 Å². The number of fused-ring (bicyclic) bond motifs is 1. The summed E-state index contributed by atoms with van der Waals surface area (Å²) in [4.78, 5) is 44.5. The van der Waals surface area contributed by atoms with Crippen LogP contribution in [0.1, 0.15) is 60.2 Å². The number of hydrogen-bond acceptors (Lipinski definition) is 7. The number of amides is 2. The van der Waals surface area contributed by atoms with E-state index in [1.807, 2.05) is 13.8 Å². The lowest BCUT2D eigenvalue weighted by Crippen LogP contribution is -2.30. The Hall–Kier alpha value is -4.39. The minimum absolute atomic E-state index is 0.111. The molecule has 1 saturated heterocycles. The van der Waals surface area contributed by atoms with Crippen LogP contribution in [0.3, 0.4) is 0 Å². The number of nitrogens with zero attached hydrogens (tertiary/aromatic N) is 7. The highest BCUT2D eigenvalue weighted by atomic mass is 35.5. The predicted molar refractivity (Wildman–Crippen MR) is 147 cm³/mol. The van der Waals surface area contributed by atoms with Crippen molar-refractivity contribution in [3.8, 4) is 11.3 Å². The third-order valence-electron chi connectivity index (χ3n) is 7.52. The Balaban J connectivity index is 1.19. The summed E-state index contributed by atoms with van der Waals surface area (Å²) < 4.78 is 43.4. The van der Waals surface area contributed by atoms with Crippen LogP contribution in [0.5, 0.6) is 0 Å². The van der Waals surface area contributed by atoms with Gasteiger partial charge in [0.2, 0.25) is 5.91 Å². The number of aromatic nitrogens is 6. The Morgan fingerprint density at radius 1 is 1.19 bits per heavy atom. The van der Waals surface area contributed by atoms with Gasteiger partial charge >= 0.3 is 0 Å². The van der Waals surface area contributed by atoms with Gasteiger partial charge in [0.1, 0.15) is 5.69 Å². The van der Waals surface area contributed by atoms with E-state index in [1.165, 1.54) is 6.20 Å². The van der Waals surface area contributed by atoms with E-state index in [4.69, 9.17) is 16.6 Å². The molecular formula is C28H24ClF3N8O2. The zero-order chi connectivity index (χ0) is 29.7. The molecule has 0 spiro atoms. The molecule has 1 aromatic carbocycles. The van der Waals surface area contributed by atoms with Gasteiger partial charge in [-0.1, -0.05) is 24.6 Å². The number of halogens is 4. The largest absolute Gasteiger partial charge is 0.318 e. The van der Waals surface area contributed by atoms with Crippen molar-refractivity contribution in [1.82, 2.24) is 29.7 Å². The molecule has 2 amide bonds. The molecule has 1 aliphatic carbocycles. The molecule has 216 valence electrons. The summed E-state index contributed by atoms with van der Waals surface area (Å²) >= 11 is 5.81. The first kappa shape index (κ1) is 27.8. The van der Waals surface area contributed by atoms with Crippen LogP contribution in [0.4, 0.5) is 24.7 Å². The molecule has 1 N–H and O–H groups in total. The zero-order valence-electron chi connectivity index (χ0n) is 22.4. The number of piperidine rings is 1. The number of rotatable bonds is 8. The van der Waals surface area contributed by atoms with Crippen molar-refractivity contribution in [3.63, 3.8) is 0 Å². The second-order valence-corrected chi connectivity index (χ2v) is 10.6. The first-order chi connectivity index (χ1) is 20.2. The topological polar surface area (TPSA) is 119 Å². The maximum absolute atomic E-state index is 14.7. The van der Waals surface area contributed by atoms with Gasteiger partial charge in [0.25, 0.3) is 12.3 Å². The molecule has 2 fully saturated rings. The Kier molecular flexibility index (Phi) is 7.13. The van der Waals surface area contributed by atoms with Crippen LogP contribution >= 0.6 is 11.6 Å². The van der Waals surface area contributed by atoms with E-state index in [2.05, 4.69) is 25.4 Å². The van der Waals surface area contributed by atoms with Crippen LogP contribution in [0.2, 0.25) is 5.02 Å². The lowest BCUT2D eigenvalue weighted by Gasteiger charge is -2.21. The molecule has 0 radical (unpaired) electrons. The predicted octanol–water partition coefficient (Wildman–Crippen LogP) is 5.27. The van der Waals surface area contributed by atoms with Crippen LogP contribution < -0.4 is 10.2 Å². The van der Waals surface area contributed by atoms with Crippen LogP contribution in [-0.2, 0) is 11.2 Å². The number of benzene rings is 1. The van der Waals surface area contributed by atoms with E-state index in [9.17, 15) is 22.8 Å². The summed E-state index contributed by atoms with van der Waals surface area (Å²) in [5.74, 6) is -0.539. The van der Waals surface area contributed by atoms with Crippen molar-refractivity contribution in [1.29, 1.82) is 0 Å². The monoisotopic (exact) mass is 596 g/mol. The molecule has 3 atom stereocenters. The molecule has 10 nitrogen and oxygen atoms in total. The minimum Gasteiger partial charge on any atom is -0.318 e. The molecule has 1 aliphatic heterocycles. The maximum atomic E-state index is 14.7. The van der Waals surface area contributed by atoms with E-state index in [1.54, 1.807) is 22.0 Å². The lowest BCUT2D eigenvalue weighted by molar-refractivity contribution is -0.118. The normalized spacial score (nSPS) is 18.4. The van der Waals surface area contributed by atoms with Gasteiger partial charge in [0, 0.05) is 29.8 Å². The van der Waals surface area contributed by atoms with E-state index >= 15 is 0 Å². The third-order valence-corrected chi connectivity index (χ3v) is 7.82. The molecule has 1 saturated carbocycles. The fraction of sp³-hybridized carbons (Fsp3) is 0.321. The summed E-state index contributed by atoms with van der Waals surface area (Å²) in [5, 5.41) is 6.60. The molecule has 1 unspecified atom stereocenters. The first-order valence-electron chi connectivity index (χ1n) is 13.3. The Labute approximate surface area is 243 Å². The molecule has 4 aromatic rings. The number of anilines is 2. The Morgan fingerprint density at radius 3 is 2.71 bits per heavy atom. The standard InChI is InChI=1S/C28H24ClF3N8O2/c1-3-19-26(39-11-14-6-17(14)28(39)42)34-10-20(37-19)13(2)40-12-15(7-35-40)36-27(41)22-9-33-8-21(38-22)23-16(25(31)32)4-5-18(29)24(23)30/h4-5,7-10,12-14,17,25H,3,6,11H2,1-2H3,(H,36,41)/t13?,14-,17-/m1/s1. The highest BCUT2D eigenvalue weighted by Crippen LogP contribution is 2.47. The van der Waals surface area contributed by atoms with Crippen LogP contribution in [0, 0.1) is 17.7 Å². The number of carbonyl (C=O) groups is 2. The minimum atomic E-state index is -3.00. The molecule has 6 rings (SSSR count). The summed E-state index contributed by atoms with van der Waals surface area (Å²) in [5.41, 5.74) is 0.0450. The van der Waals surface area contributed by atoms with Gasteiger partial charge < -0.3 is 5.32 Å². The second kappa shape index (κ2) is 10.8. The van der Waals surface area contributed by atoms with Crippen molar-refractivity contribution in [3.05, 3.63) is 76.6 Å². The third kappa shape index (κ3) is 4.97. The van der Waals surface area contributed by atoms with E-state index < -0.39 is 29.3 Å². The average molecular weight is 597 g/mol. The first-order valence-corrected chi connectivity index (χ1v) is 13.6. The number of hydrogen-bond donors (Lipinski definition) is 1. The van der Waals surface area contributed by atoms with Crippen molar-refractivity contribution in [2.24, 2.45) is 11.8 Å². The fourth-order valence-corrected chi connectivity index (χ4v) is 5.27. The number of carbonyl (C=O) groups excluding carboxylic acids is 2.